The van der Waals surface area contributed by atoms with E-state index in [1.165, 1.54) is 23.9 Å². The molecule has 0 spiro atoms. The Balaban J connectivity index is 1.73. The van der Waals surface area contributed by atoms with Crippen molar-refractivity contribution in [1.82, 2.24) is 14.8 Å². The van der Waals surface area contributed by atoms with Crippen molar-refractivity contribution in [2.45, 2.75) is 45.5 Å². The first-order chi connectivity index (χ1) is 15.8. The zero-order valence-electron chi connectivity index (χ0n) is 19.5. The van der Waals surface area contributed by atoms with Crippen LogP contribution in [-0.4, -0.2) is 33.5 Å². The standard InChI is InChI=1S/C24H29FN4O3S/c1-15(2)13-29-23(17(4)32-21-9-7-6-8-20(21)31-5)27-28-24(29)33-14-22(30)26-19-12-18(25)11-10-16(19)3/h6-12,15,17H,13-14H2,1-5H3,(H,26,30). The van der Waals surface area contributed by atoms with Crippen LogP contribution in [0.5, 0.6) is 11.5 Å². The molecule has 1 atom stereocenters. The molecule has 1 heterocycles. The van der Waals surface area contributed by atoms with E-state index >= 15 is 0 Å². The number of carbonyl (C=O) groups is 1. The molecule has 33 heavy (non-hydrogen) atoms. The van der Waals surface area contributed by atoms with E-state index in [0.29, 0.717) is 40.6 Å². The van der Waals surface area contributed by atoms with E-state index in [9.17, 15) is 9.18 Å². The number of ether oxygens (including phenoxy) is 2. The number of amides is 1. The number of hydrogen-bond donors (Lipinski definition) is 1. The van der Waals surface area contributed by atoms with Crippen LogP contribution in [0.2, 0.25) is 0 Å². The minimum Gasteiger partial charge on any atom is -0.493 e. The number of para-hydroxylation sites is 2. The molecule has 3 rings (SSSR count). The van der Waals surface area contributed by atoms with Gasteiger partial charge in [0.1, 0.15) is 5.82 Å². The summed E-state index contributed by atoms with van der Waals surface area (Å²) in [5, 5.41) is 12.0. The molecule has 1 unspecified atom stereocenters. The van der Waals surface area contributed by atoms with E-state index in [4.69, 9.17) is 9.47 Å². The summed E-state index contributed by atoms with van der Waals surface area (Å²) in [5.74, 6) is 1.73. The van der Waals surface area contributed by atoms with Gasteiger partial charge in [0.2, 0.25) is 5.91 Å². The highest BCUT2D eigenvalue weighted by molar-refractivity contribution is 7.99. The normalized spacial score (nSPS) is 12.0. The first-order valence-electron chi connectivity index (χ1n) is 10.7. The van der Waals surface area contributed by atoms with Crippen LogP contribution in [0.3, 0.4) is 0 Å². The van der Waals surface area contributed by atoms with Gasteiger partial charge in [-0.1, -0.05) is 43.8 Å². The van der Waals surface area contributed by atoms with E-state index in [1.54, 1.807) is 13.2 Å². The average molecular weight is 473 g/mol. The third-order valence-electron chi connectivity index (χ3n) is 4.84. The second-order valence-corrected chi connectivity index (χ2v) is 8.99. The van der Waals surface area contributed by atoms with Gasteiger partial charge in [0, 0.05) is 12.2 Å². The zero-order valence-corrected chi connectivity index (χ0v) is 20.3. The Labute approximate surface area is 197 Å². The third-order valence-corrected chi connectivity index (χ3v) is 5.80. The number of aryl methyl sites for hydroxylation is 1. The average Bonchev–Trinajstić information content (AvgIpc) is 3.17. The van der Waals surface area contributed by atoms with Gasteiger partial charge in [-0.3, -0.25) is 4.79 Å². The molecule has 0 bridgehead atoms. The highest BCUT2D eigenvalue weighted by atomic mass is 32.2. The molecule has 0 aliphatic carbocycles. The molecule has 9 heteroatoms. The first kappa shape index (κ1) is 24.6. The first-order valence-corrected chi connectivity index (χ1v) is 11.7. The van der Waals surface area contributed by atoms with Crippen LogP contribution in [0.4, 0.5) is 10.1 Å². The summed E-state index contributed by atoms with van der Waals surface area (Å²) in [7, 11) is 1.60. The number of nitrogens with zero attached hydrogens (tertiary/aromatic N) is 3. The Kier molecular flexibility index (Phi) is 8.32. The van der Waals surface area contributed by atoms with E-state index in [0.717, 1.165) is 5.56 Å². The maximum absolute atomic E-state index is 13.5. The van der Waals surface area contributed by atoms with Gasteiger partial charge >= 0.3 is 0 Å². The number of benzene rings is 2. The van der Waals surface area contributed by atoms with E-state index in [-0.39, 0.29) is 17.8 Å². The minimum absolute atomic E-state index is 0.119. The lowest BCUT2D eigenvalue weighted by Gasteiger charge is -2.19. The number of carbonyl (C=O) groups excluding carboxylic acids is 1. The topological polar surface area (TPSA) is 78.3 Å². The molecule has 1 N–H and O–H groups in total. The predicted octanol–water partition coefficient (Wildman–Crippen LogP) is 5.26. The van der Waals surface area contributed by atoms with Gasteiger partial charge in [0.15, 0.2) is 28.6 Å². The predicted molar refractivity (Wildman–Crippen MR) is 127 cm³/mol. The summed E-state index contributed by atoms with van der Waals surface area (Å²) in [4.78, 5) is 12.5. The SMILES string of the molecule is COc1ccccc1OC(C)c1nnc(SCC(=O)Nc2cc(F)ccc2C)n1CC(C)C. The summed E-state index contributed by atoms with van der Waals surface area (Å²) in [5.41, 5.74) is 1.26. The van der Waals surface area contributed by atoms with Crippen molar-refractivity contribution in [3.05, 3.63) is 59.7 Å². The van der Waals surface area contributed by atoms with Crippen molar-refractivity contribution in [1.29, 1.82) is 0 Å². The fourth-order valence-corrected chi connectivity index (χ4v) is 4.00. The molecule has 1 amide bonds. The van der Waals surface area contributed by atoms with Crippen LogP contribution in [-0.2, 0) is 11.3 Å². The number of anilines is 1. The molecule has 3 aromatic rings. The molecule has 7 nitrogen and oxygen atoms in total. The molecule has 0 fully saturated rings. The van der Waals surface area contributed by atoms with Crippen LogP contribution >= 0.6 is 11.8 Å². The summed E-state index contributed by atoms with van der Waals surface area (Å²) >= 11 is 1.28. The Bertz CT molecular complexity index is 1100. The summed E-state index contributed by atoms with van der Waals surface area (Å²) in [6, 6.07) is 11.7. The molecule has 1 aromatic heterocycles. The Hall–Kier alpha value is -3.07. The smallest absolute Gasteiger partial charge is 0.234 e. The number of rotatable bonds is 10. The second kappa shape index (κ2) is 11.2. The lowest BCUT2D eigenvalue weighted by atomic mass is 10.2. The van der Waals surface area contributed by atoms with Gasteiger partial charge in [-0.05, 0) is 49.6 Å². The van der Waals surface area contributed by atoms with Crippen LogP contribution in [0.15, 0.2) is 47.6 Å². The maximum Gasteiger partial charge on any atom is 0.234 e. The third kappa shape index (κ3) is 6.47. The van der Waals surface area contributed by atoms with Crippen molar-refractivity contribution in [2.24, 2.45) is 5.92 Å². The Morgan fingerprint density at radius 1 is 1.15 bits per heavy atom. The van der Waals surface area contributed by atoms with Crippen molar-refractivity contribution in [2.75, 3.05) is 18.2 Å². The summed E-state index contributed by atoms with van der Waals surface area (Å²) in [6.07, 6.45) is -0.384. The van der Waals surface area contributed by atoms with Crippen molar-refractivity contribution in [3.63, 3.8) is 0 Å². The largest absolute Gasteiger partial charge is 0.493 e. The number of methoxy groups -OCH3 is 1. The highest BCUT2D eigenvalue weighted by Gasteiger charge is 2.22. The number of halogens is 1. The number of hydrogen-bond acceptors (Lipinski definition) is 6. The number of aromatic nitrogens is 3. The number of nitrogens with one attached hydrogen (secondary N) is 1. The van der Waals surface area contributed by atoms with Crippen molar-refractivity contribution >= 4 is 23.4 Å². The Morgan fingerprint density at radius 2 is 1.88 bits per heavy atom. The molecule has 0 aliphatic rings. The maximum atomic E-state index is 13.5. The molecule has 176 valence electrons. The summed E-state index contributed by atoms with van der Waals surface area (Å²) < 4.78 is 27.0. The lowest BCUT2D eigenvalue weighted by Crippen LogP contribution is -2.17. The van der Waals surface area contributed by atoms with E-state index in [1.807, 2.05) is 42.7 Å². The van der Waals surface area contributed by atoms with Gasteiger partial charge < -0.3 is 19.4 Å². The highest BCUT2D eigenvalue weighted by Crippen LogP contribution is 2.31. The molecule has 0 aliphatic heterocycles. The lowest BCUT2D eigenvalue weighted by molar-refractivity contribution is -0.113. The minimum atomic E-state index is -0.395. The second-order valence-electron chi connectivity index (χ2n) is 8.05. The molecule has 0 saturated heterocycles. The fourth-order valence-electron chi connectivity index (χ4n) is 3.25. The van der Waals surface area contributed by atoms with Crippen LogP contribution in [0, 0.1) is 18.7 Å². The van der Waals surface area contributed by atoms with Crippen LogP contribution in [0.1, 0.15) is 38.3 Å². The molecule has 2 aromatic carbocycles. The van der Waals surface area contributed by atoms with E-state index < -0.39 is 5.82 Å². The van der Waals surface area contributed by atoms with Gasteiger partial charge in [0.05, 0.1) is 12.9 Å². The molecular weight excluding hydrogens is 443 g/mol. The van der Waals surface area contributed by atoms with Gasteiger partial charge in [-0.2, -0.15) is 0 Å². The quantitative estimate of drug-likeness (QED) is 0.406. The van der Waals surface area contributed by atoms with Crippen LogP contribution in [0.25, 0.3) is 0 Å². The van der Waals surface area contributed by atoms with E-state index in [2.05, 4.69) is 29.4 Å². The molecule has 0 saturated carbocycles. The zero-order chi connectivity index (χ0) is 24.0. The van der Waals surface area contributed by atoms with Gasteiger partial charge in [-0.25, -0.2) is 4.39 Å². The van der Waals surface area contributed by atoms with Crippen molar-refractivity contribution in [3.8, 4) is 11.5 Å². The fraction of sp³-hybridized carbons (Fsp3) is 0.375. The monoisotopic (exact) mass is 472 g/mol. The Morgan fingerprint density at radius 3 is 2.58 bits per heavy atom. The van der Waals surface area contributed by atoms with Crippen LogP contribution < -0.4 is 14.8 Å². The summed E-state index contributed by atoms with van der Waals surface area (Å²) in [6.45, 7) is 8.60. The number of thioether (sulfide) groups is 1. The van der Waals surface area contributed by atoms with Gasteiger partial charge in [-0.15, -0.1) is 10.2 Å². The van der Waals surface area contributed by atoms with Crippen molar-refractivity contribution < 1.29 is 18.7 Å². The molecule has 0 radical (unpaired) electrons. The van der Waals surface area contributed by atoms with Gasteiger partial charge in [0.25, 0.3) is 0 Å². The molecular formula is C24H29FN4O3S.